The maximum atomic E-state index is 12.1. The highest BCUT2D eigenvalue weighted by atomic mass is 16.5. The summed E-state index contributed by atoms with van der Waals surface area (Å²) >= 11 is 0. The number of hydrogen-bond acceptors (Lipinski definition) is 2. The molecule has 0 saturated heterocycles. The predicted molar refractivity (Wildman–Crippen MR) is 84.6 cm³/mol. The van der Waals surface area contributed by atoms with Crippen LogP contribution in [-0.2, 0) is 6.54 Å². The summed E-state index contributed by atoms with van der Waals surface area (Å²) in [5, 5.41) is 2.93. The van der Waals surface area contributed by atoms with Crippen LogP contribution in [-0.4, -0.2) is 12.5 Å². The molecule has 1 amide bonds. The lowest BCUT2D eigenvalue weighted by Gasteiger charge is -2.08. The van der Waals surface area contributed by atoms with Gasteiger partial charge < -0.3 is 10.1 Å². The van der Waals surface area contributed by atoms with Gasteiger partial charge in [0.15, 0.2) is 0 Å². The molecule has 110 valence electrons. The topological polar surface area (TPSA) is 38.3 Å². The lowest BCUT2D eigenvalue weighted by molar-refractivity contribution is 0.0951. The Labute approximate surface area is 126 Å². The Morgan fingerprint density at radius 1 is 1.14 bits per heavy atom. The molecule has 0 aromatic heterocycles. The highest BCUT2D eigenvalue weighted by molar-refractivity contribution is 5.94. The van der Waals surface area contributed by atoms with E-state index < -0.39 is 0 Å². The molecular weight excluding hydrogens is 262 g/mol. The summed E-state index contributed by atoms with van der Waals surface area (Å²) in [6.45, 7) is 5.33. The van der Waals surface area contributed by atoms with Crippen LogP contribution in [0.25, 0.3) is 0 Å². The van der Waals surface area contributed by atoms with E-state index in [-0.39, 0.29) is 5.91 Å². The van der Waals surface area contributed by atoms with E-state index in [0.717, 1.165) is 17.7 Å². The van der Waals surface area contributed by atoms with Crippen molar-refractivity contribution >= 4 is 5.91 Å². The van der Waals surface area contributed by atoms with E-state index in [1.54, 1.807) is 12.1 Å². The van der Waals surface area contributed by atoms with Gasteiger partial charge in [0, 0.05) is 12.1 Å². The number of amides is 1. The van der Waals surface area contributed by atoms with E-state index >= 15 is 0 Å². The monoisotopic (exact) mass is 283 g/mol. The molecule has 0 aliphatic heterocycles. The van der Waals surface area contributed by atoms with Gasteiger partial charge in [-0.2, -0.15) is 0 Å². The van der Waals surface area contributed by atoms with Gasteiger partial charge in [-0.05, 0) is 43.2 Å². The predicted octanol–water partition coefficient (Wildman–Crippen LogP) is 3.71. The largest absolute Gasteiger partial charge is 0.494 e. The first-order valence-electron chi connectivity index (χ1n) is 7.25. The van der Waals surface area contributed by atoms with Crippen molar-refractivity contribution < 1.29 is 9.53 Å². The van der Waals surface area contributed by atoms with Crippen molar-refractivity contribution in [1.82, 2.24) is 5.32 Å². The average Bonchev–Trinajstić information content (AvgIpc) is 2.51. The first-order valence-corrected chi connectivity index (χ1v) is 7.25. The molecule has 1 N–H and O–H groups in total. The fraction of sp³-hybridized carbons (Fsp3) is 0.278. The molecule has 0 radical (unpaired) electrons. The van der Waals surface area contributed by atoms with Crippen molar-refractivity contribution in [2.24, 2.45) is 0 Å². The van der Waals surface area contributed by atoms with Gasteiger partial charge in [0.25, 0.3) is 5.91 Å². The van der Waals surface area contributed by atoms with Crippen molar-refractivity contribution in [2.75, 3.05) is 6.61 Å². The number of carbonyl (C=O) groups excluding carboxylic acids is 1. The van der Waals surface area contributed by atoms with E-state index in [9.17, 15) is 4.79 Å². The zero-order valence-corrected chi connectivity index (χ0v) is 12.6. The van der Waals surface area contributed by atoms with E-state index in [0.29, 0.717) is 18.7 Å². The van der Waals surface area contributed by atoms with Gasteiger partial charge in [-0.15, -0.1) is 0 Å². The van der Waals surface area contributed by atoms with Crippen LogP contribution in [0.2, 0.25) is 0 Å². The van der Waals surface area contributed by atoms with Gasteiger partial charge in [-0.1, -0.05) is 36.8 Å². The summed E-state index contributed by atoms with van der Waals surface area (Å²) in [5.74, 6) is 0.727. The standard InChI is InChI=1S/C18H21NO2/c1-3-11-21-17-9-7-16(8-10-17)18(20)19-13-15-6-4-5-14(2)12-15/h4-10,12H,3,11,13H2,1-2H3,(H,19,20). The van der Waals surface area contributed by atoms with Gasteiger partial charge in [-0.3, -0.25) is 4.79 Å². The first kappa shape index (κ1) is 15.1. The van der Waals surface area contributed by atoms with Crippen molar-refractivity contribution in [3.8, 4) is 5.75 Å². The minimum Gasteiger partial charge on any atom is -0.494 e. The molecule has 3 heteroatoms. The zero-order chi connectivity index (χ0) is 15.1. The third-order valence-corrected chi connectivity index (χ3v) is 3.12. The van der Waals surface area contributed by atoms with Crippen molar-refractivity contribution in [1.29, 1.82) is 0 Å². The Balaban J connectivity index is 1.91. The van der Waals surface area contributed by atoms with Gasteiger partial charge in [-0.25, -0.2) is 0 Å². The van der Waals surface area contributed by atoms with Gasteiger partial charge in [0.1, 0.15) is 5.75 Å². The lowest BCUT2D eigenvalue weighted by atomic mass is 10.1. The second kappa shape index (κ2) is 7.48. The Morgan fingerprint density at radius 3 is 2.57 bits per heavy atom. The van der Waals surface area contributed by atoms with Crippen molar-refractivity contribution in [2.45, 2.75) is 26.8 Å². The molecule has 21 heavy (non-hydrogen) atoms. The van der Waals surface area contributed by atoms with Crippen LogP contribution in [0, 0.1) is 6.92 Å². The molecule has 2 rings (SSSR count). The molecule has 0 saturated carbocycles. The molecule has 0 aliphatic rings. The summed E-state index contributed by atoms with van der Waals surface area (Å²) in [4.78, 5) is 12.1. The molecule has 0 bridgehead atoms. The van der Waals surface area contributed by atoms with Crippen LogP contribution in [0.5, 0.6) is 5.75 Å². The Hall–Kier alpha value is -2.29. The second-order valence-electron chi connectivity index (χ2n) is 5.04. The molecule has 0 unspecified atom stereocenters. The van der Waals surface area contributed by atoms with Crippen molar-refractivity contribution in [3.63, 3.8) is 0 Å². The third-order valence-electron chi connectivity index (χ3n) is 3.12. The fourth-order valence-corrected chi connectivity index (χ4v) is 2.03. The number of aryl methyl sites for hydroxylation is 1. The minimum absolute atomic E-state index is 0.0708. The minimum atomic E-state index is -0.0708. The molecule has 2 aromatic carbocycles. The first-order chi connectivity index (χ1) is 10.2. The van der Waals surface area contributed by atoms with E-state index in [1.807, 2.05) is 37.3 Å². The molecule has 0 atom stereocenters. The average molecular weight is 283 g/mol. The van der Waals surface area contributed by atoms with Crippen LogP contribution in [0.1, 0.15) is 34.8 Å². The van der Waals surface area contributed by atoms with Gasteiger partial charge in [0.2, 0.25) is 0 Å². The summed E-state index contributed by atoms with van der Waals surface area (Å²) < 4.78 is 5.50. The third kappa shape index (κ3) is 4.63. The normalized spacial score (nSPS) is 10.2. The Bertz CT molecular complexity index is 590. The SMILES string of the molecule is CCCOc1ccc(C(=O)NCc2cccc(C)c2)cc1. The van der Waals surface area contributed by atoms with Crippen LogP contribution in [0.15, 0.2) is 48.5 Å². The van der Waals surface area contributed by atoms with Crippen molar-refractivity contribution in [3.05, 3.63) is 65.2 Å². The van der Waals surface area contributed by atoms with Gasteiger partial charge in [0.05, 0.1) is 6.61 Å². The molecular formula is C18H21NO2. The molecule has 0 aliphatic carbocycles. The summed E-state index contributed by atoms with van der Waals surface area (Å²) in [6.07, 6.45) is 0.971. The number of nitrogens with one attached hydrogen (secondary N) is 1. The fourth-order valence-electron chi connectivity index (χ4n) is 2.03. The van der Waals surface area contributed by atoms with Crippen LogP contribution < -0.4 is 10.1 Å². The summed E-state index contributed by atoms with van der Waals surface area (Å²) in [6, 6.07) is 15.4. The maximum absolute atomic E-state index is 12.1. The van der Waals surface area contributed by atoms with E-state index in [1.165, 1.54) is 5.56 Å². The lowest BCUT2D eigenvalue weighted by Crippen LogP contribution is -2.22. The van der Waals surface area contributed by atoms with Crippen LogP contribution in [0.3, 0.4) is 0 Å². The van der Waals surface area contributed by atoms with E-state index in [2.05, 4.69) is 18.3 Å². The quantitative estimate of drug-likeness (QED) is 0.877. The molecule has 2 aromatic rings. The number of ether oxygens (including phenoxy) is 1. The maximum Gasteiger partial charge on any atom is 0.251 e. The number of hydrogen-bond donors (Lipinski definition) is 1. The highest BCUT2D eigenvalue weighted by Crippen LogP contribution is 2.12. The molecule has 3 nitrogen and oxygen atoms in total. The summed E-state index contributed by atoms with van der Waals surface area (Å²) in [5.41, 5.74) is 2.94. The Kier molecular flexibility index (Phi) is 5.38. The number of benzene rings is 2. The van der Waals surface area contributed by atoms with Crippen LogP contribution >= 0.6 is 0 Å². The number of rotatable bonds is 6. The molecule has 0 heterocycles. The number of carbonyl (C=O) groups is 1. The molecule has 0 spiro atoms. The zero-order valence-electron chi connectivity index (χ0n) is 12.6. The molecule has 0 fully saturated rings. The smallest absolute Gasteiger partial charge is 0.251 e. The van der Waals surface area contributed by atoms with Gasteiger partial charge >= 0.3 is 0 Å². The Morgan fingerprint density at radius 2 is 1.90 bits per heavy atom. The summed E-state index contributed by atoms with van der Waals surface area (Å²) in [7, 11) is 0. The van der Waals surface area contributed by atoms with E-state index in [4.69, 9.17) is 4.74 Å². The van der Waals surface area contributed by atoms with Crippen LogP contribution in [0.4, 0.5) is 0 Å². The highest BCUT2D eigenvalue weighted by Gasteiger charge is 2.05. The second-order valence-corrected chi connectivity index (χ2v) is 5.04.